The molecule has 3 aromatic rings. The first-order valence-corrected chi connectivity index (χ1v) is 10.8. The first-order valence-electron chi connectivity index (χ1n) is 9.42. The minimum atomic E-state index is -4.48. The average molecular weight is 485 g/mol. The molecule has 0 radical (unpaired) electrons. The molecule has 6 nitrogen and oxygen atoms in total. The van der Waals surface area contributed by atoms with Gasteiger partial charge in [0.25, 0.3) is 0 Å². The van der Waals surface area contributed by atoms with Gasteiger partial charge in [-0.05, 0) is 55.3 Å². The molecule has 170 valence electrons. The number of ether oxygens (including phenoxy) is 1. The van der Waals surface area contributed by atoms with Crippen LogP contribution < -0.4 is 10.1 Å². The van der Waals surface area contributed by atoms with Crippen LogP contribution in [0.25, 0.3) is 0 Å². The molecular weight excluding hydrogens is 465 g/mol. The van der Waals surface area contributed by atoms with E-state index in [4.69, 9.17) is 16.3 Å². The molecule has 1 N–H and O–H groups in total. The van der Waals surface area contributed by atoms with Crippen molar-refractivity contribution in [2.75, 3.05) is 11.1 Å². The lowest BCUT2D eigenvalue weighted by molar-refractivity contribution is -0.137. The van der Waals surface area contributed by atoms with E-state index in [-0.39, 0.29) is 18.0 Å². The van der Waals surface area contributed by atoms with Crippen LogP contribution >= 0.6 is 23.4 Å². The number of amides is 1. The van der Waals surface area contributed by atoms with Crippen molar-refractivity contribution in [3.63, 3.8) is 0 Å². The van der Waals surface area contributed by atoms with E-state index in [0.717, 1.165) is 35.0 Å². The highest BCUT2D eigenvalue weighted by Crippen LogP contribution is 2.31. The second kappa shape index (κ2) is 9.83. The van der Waals surface area contributed by atoms with Crippen molar-refractivity contribution in [1.29, 1.82) is 0 Å². The normalized spacial score (nSPS) is 11.5. The molecule has 0 aliphatic heterocycles. The molecule has 0 atom stereocenters. The Balaban J connectivity index is 1.56. The summed E-state index contributed by atoms with van der Waals surface area (Å²) in [5.41, 5.74) is 1.06. The summed E-state index contributed by atoms with van der Waals surface area (Å²) in [6, 6.07) is 8.14. The summed E-state index contributed by atoms with van der Waals surface area (Å²) in [4.78, 5) is 12.2. The number of benzene rings is 2. The van der Waals surface area contributed by atoms with Gasteiger partial charge in [0, 0.05) is 17.8 Å². The maximum Gasteiger partial charge on any atom is 0.416 e. The molecule has 32 heavy (non-hydrogen) atoms. The summed E-state index contributed by atoms with van der Waals surface area (Å²) < 4.78 is 45.9. The van der Waals surface area contributed by atoms with Gasteiger partial charge in [0.1, 0.15) is 12.4 Å². The standard InChI is InChI=1S/C21H20ClF3N4O2S/c1-12-7-16(8-13(2)19(12)22)31-10-17-27-28-20(29(17)3)32-11-18(30)26-15-6-4-5-14(9-15)21(23,24)25/h4-9H,10-11H2,1-3H3,(H,26,30). The Morgan fingerprint density at radius 1 is 1.19 bits per heavy atom. The number of anilines is 1. The molecule has 0 saturated carbocycles. The zero-order chi connectivity index (χ0) is 23.5. The molecule has 1 heterocycles. The summed E-state index contributed by atoms with van der Waals surface area (Å²) in [5, 5.41) is 11.8. The van der Waals surface area contributed by atoms with Crippen molar-refractivity contribution in [3.8, 4) is 5.75 Å². The van der Waals surface area contributed by atoms with Gasteiger partial charge in [-0.1, -0.05) is 29.4 Å². The summed E-state index contributed by atoms with van der Waals surface area (Å²) in [6.07, 6.45) is -4.48. The van der Waals surface area contributed by atoms with Gasteiger partial charge in [-0.15, -0.1) is 10.2 Å². The predicted octanol–water partition coefficient (Wildman–Crippen LogP) is 5.41. The molecule has 0 unspecified atom stereocenters. The number of alkyl halides is 3. The van der Waals surface area contributed by atoms with E-state index in [0.29, 0.717) is 21.8 Å². The predicted molar refractivity (Wildman–Crippen MR) is 117 cm³/mol. The number of halogens is 4. The first kappa shape index (κ1) is 23.9. The lowest BCUT2D eigenvalue weighted by Gasteiger charge is -2.10. The zero-order valence-electron chi connectivity index (χ0n) is 17.5. The molecule has 0 aliphatic rings. The molecule has 11 heteroatoms. The minimum absolute atomic E-state index is 0.0430. The maximum atomic E-state index is 12.8. The highest BCUT2D eigenvalue weighted by molar-refractivity contribution is 7.99. The zero-order valence-corrected chi connectivity index (χ0v) is 19.0. The van der Waals surface area contributed by atoms with Crippen LogP contribution in [0.1, 0.15) is 22.5 Å². The first-order chi connectivity index (χ1) is 15.0. The van der Waals surface area contributed by atoms with Crippen LogP contribution in [0.3, 0.4) is 0 Å². The van der Waals surface area contributed by atoms with E-state index in [1.54, 1.807) is 11.6 Å². The van der Waals surface area contributed by atoms with Gasteiger partial charge in [0.15, 0.2) is 11.0 Å². The van der Waals surface area contributed by atoms with Crippen molar-refractivity contribution >= 4 is 35.0 Å². The van der Waals surface area contributed by atoms with Gasteiger partial charge in [-0.25, -0.2) is 0 Å². The van der Waals surface area contributed by atoms with Crippen molar-refractivity contribution < 1.29 is 22.7 Å². The number of rotatable bonds is 7. The number of aromatic nitrogens is 3. The van der Waals surface area contributed by atoms with Gasteiger partial charge < -0.3 is 14.6 Å². The third-order valence-electron chi connectivity index (χ3n) is 4.51. The largest absolute Gasteiger partial charge is 0.486 e. The number of nitrogens with one attached hydrogen (secondary N) is 1. The number of carbonyl (C=O) groups excluding carboxylic acids is 1. The van der Waals surface area contributed by atoms with Crippen molar-refractivity contribution in [1.82, 2.24) is 14.8 Å². The molecule has 1 amide bonds. The Bertz CT molecular complexity index is 1110. The minimum Gasteiger partial charge on any atom is -0.486 e. The summed E-state index contributed by atoms with van der Waals surface area (Å²) in [6.45, 7) is 3.95. The Morgan fingerprint density at radius 2 is 1.88 bits per heavy atom. The second-order valence-corrected chi connectivity index (χ2v) is 8.35. The topological polar surface area (TPSA) is 69.0 Å². The van der Waals surface area contributed by atoms with Crippen molar-refractivity contribution in [2.45, 2.75) is 31.8 Å². The van der Waals surface area contributed by atoms with Gasteiger partial charge in [-0.2, -0.15) is 13.2 Å². The Kier molecular flexibility index (Phi) is 7.35. The molecule has 0 bridgehead atoms. The third kappa shape index (κ3) is 5.95. The highest BCUT2D eigenvalue weighted by Gasteiger charge is 2.30. The van der Waals surface area contributed by atoms with Crippen LogP contribution in [0.5, 0.6) is 5.75 Å². The van der Waals surface area contributed by atoms with Crippen LogP contribution in [0.4, 0.5) is 18.9 Å². The quantitative estimate of drug-likeness (QED) is 0.454. The lowest BCUT2D eigenvalue weighted by Crippen LogP contribution is -2.15. The molecule has 0 aliphatic carbocycles. The number of thioether (sulfide) groups is 1. The molecule has 3 rings (SSSR count). The van der Waals surface area contributed by atoms with E-state index in [1.165, 1.54) is 12.1 Å². The SMILES string of the molecule is Cc1cc(OCc2nnc(SCC(=O)Nc3cccc(C(F)(F)F)c3)n2C)cc(C)c1Cl. The fourth-order valence-electron chi connectivity index (χ4n) is 2.83. The summed E-state index contributed by atoms with van der Waals surface area (Å²) in [5.74, 6) is 0.707. The monoisotopic (exact) mass is 484 g/mol. The van der Waals surface area contributed by atoms with Crippen LogP contribution in [0, 0.1) is 13.8 Å². The van der Waals surface area contributed by atoms with Crippen LogP contribution in [-0.4, -0.2) is 26.4 Å². The summed E-state index contributed by atoms with van der Waals surface area (Å²) >= 11 is 7.28. The third-order valence-corrected chi connectivity index (χ3v) is 6.13. The molecular formula is C21H20ClF3N4O2S. The smallest absolute Gasteiger partial charge is 0.416 e. The molecule has 0 saturated heterocycles. The Morgan fingerprint density at radius 3 is 2.53 bits per heavy atom. The van der Waals surface area contributed by atoms with E-state index in [9.17, 15) is 18.0 Å². The van der Waals surface area contributed by atoms with E-state index < -0.39 is 17.6 Å². The van der Waals surface area contributed by atoms with Crippen molar-refractivity contribution in [2.24, 2.45) is 7.05 Å². The maximum absolute atomic E-state index is 12.8. The lowest BCUT2D eigenvalue weighted by atomic mass is 10.1. The second-order valence-electron chi connectivity index (χ2n) is 7.03. The molecule has 1 aromatic heterocycles. The van der Waals surface area contributed by atoms with Gasteiger partial charge in [0.2, 0.25) is 5.91 Å². The van der Waals surface area contributed by atoms with Crippen LogP contribution in [0.2, 0.25) is 5.02 Å². The van der Waals surface area contributed by atoms with Gasteiger partial charge in [-0.3, -0.25) is 4.79 Å². The number of hydrogen-bond donors (Lipinski definition) is 1. The number of aryl methyl sites for hydroxylation is 2. The van der Waals surface area contributed by atoms with E-state index in [1.807, 2.05) is 26.0 Å². The number of carbonyl (C=O) groups is 1. The fourth-order valence-corrected chi connectivity index (χ4v) is 3.67. The molecule has 0 spiro atoms. The van der Waals surface area contributed by atoms with E-state index in [2.05, 4.69) is 15.5 Å². The molecule has 2 aromatic carbocycles. The Hall–Kier alpha value is -2.72. The fraction of sp³-hybridized carbons (Fsp3) is 0.286. The van der Waals surface area contributed by atoms with Gasteiger partial charge >= 0.3 is 6.18 Å². The van der Waals surface area contributed by atoms with E-state index >= 15 is 0 Å². The van der Waals surface area contributed by atoms with Gasteiger partial charge in [0.05, 0.1) is 11.3 Å². The van der Waals surface area contributed by atoms with Crippen LogP contribution in [0.15, 0.2) is 41.6 Å². The average Bonchev–Trinajstić information content (AvgIpc) is 3.08. The number of hydrogen-bond acceptors (Lipinski definition) is 5. The highest BCUT2D eigenvalue weighted by atomic mass is 35.5. The van der Waals surface area contributed by atoms with Crippen molar-refractivity contribution in [3.05, 3.63) is 63.9 Å². The number of nitrogens with zero attached hydrogens (tertiary/aromatic N) is 3. The summed E-state index contributed by atoms with van der Waals surface area (Å²) in [7, 11) is 1.74. The van der Waals surface area contributed by atoms with Crippen LogP contribution in [-0.2, 0) is 24.6 Å². The molecule has 0 fully saturated rings. The Labute approximate surface area is 192 Å².